The molecule has 3 heteroatoms. The summed E-state index contributed by atoms with van der Waals surface area (Å²) < 4.78 is 5.07. The Bertz CT molecular complexity index is 397. The van der Waals surface area contributed by atoms with Gasteiger partial charge < -0.3 is 9.73 Å². The van der Waals surface area contributed by atoms with Gasteiger partial charge in [-0.25, -0.2) is 0 Å². The van der Waals surface area contributed by atoms with Gasteiger partial charge in [0.2, 0.25) is 0 Å². The number of aromatic nitrogens is 1. The van der Waals surface area contributed by atoms with Crippen LogP contribution in [0.4, 0.5) is 0 Å². The highest BCUT2D eigenvalue weighted by Gasteiger charge is 2.08. The minimum absolute atomic E-state index is 0.418. The van der Waals surface area contributed by atoms with Crippen LogP contribution in [0.3, 0.4) is 0 Å². The van der Waals surface area contributed by atoms with E-state index in [1.165, 1.54) is 11.1 Å². The maximum absolute atomic E-state index is 5.07. The highest BCUT2D eigenvalue weighted by atomic mass is 16.3. The van der Waals surface area contributed by atoms with E-state index in [1.807, 2.05) is 25.4 Å². The van der Waals surface area contributed by atoms with Crippen molar-refractivity contribution in [2.24, 2.45) is 0 Å². The first-order valence-electron chi connectivity index (χ1n) is 5.45. The summed E-state index contributed by atoms with van der Waals surface area (Å²) in [6, 6.07) is 6.50. The van der Waals surface area contributed by atoms with E-state index in [0.29, 0.717) is 6.04 Å². The molecule has 0 radical (unpaired) electrons. The standard InChI is InChI=1S/C13H16N2O/c1-14-13(8-12-4-6-16-10-12)7-11-3-2-5-15-9-11/h2-6,9-10,13-14H,7-8H2,1H3. The van der Waals surface area contributed by atoms with E-state index < -0.39 is 0 Å². The molecule has 2 aromatic heterocycles. The van der Waals surface area contributed by atoms with E-state index in [2.05, 4.69) is 16.4 Å². The van der Waals surface area contributed by atoms with Crippen LogP contribution in [0.1, 0.15) is 11.1 Å². The smallest absolute Gasteiger partial charge is 0.0935 e. The Morgan fingerprint density at radius 3 is 2.81 bits per heavy atom. The van der Waals surface area contributed by atoms with Crippen LogP contribution in [0.25, 0.3) is 0 Å². The highest BCUT2D eigenvalue weighted by molar-refractivity contribution is 5.13. The Labute approximate surface area is 95.5 Å². The van der Waals surface area contributed by atoms with Gasteiger partial charge in [0.25, 0.3) is 0 Å². The summed E-state index contributed by atoms with van der Waals surface area (Å²) in [5.41, 5.74) is 2.48. The van der Waals surface area contributed by atoms with Crippen LogP contribution in [0.2, 0.25) is 0 Å². The minimum Gasteiger partial charge on any atom is -0.472 e. The molecule has 1 atom stereocenters. The maximum Gasteiger partial charge on any atom is 0.0935 e. The van der Waals surface area contributed by atoms with Gasteiger partial charge in [0.05, 0.1) is 12.5 Å². The lowest BCUT2D eigenvalue weighted by molar-refractivity contribution is 0.538. The lowest BCUT2D eigenvalue weighted by Gasteiger charge is -2.14. The van der Waals surface area contributed by atoms with E-state index in [0.717, 1.165) is 12.8 Å². The number of nitrogens with one attached hydrogen (secondary N) is 1. The van der Waals surface area contributed by atoms with Gasteiger partial charge in [-0.1, -0.05) is 6.07 Å². The van der Waals surface area contributed by atoms with Crippen molar-refractivity contribution in [3.05, 3.63) is 54.2 Å². The van der Waals surface area contributed by atoms with Crippen LogP contribution in [0.5, 0.6) is 0 Å². The van der Waals surface area contributed by atoms with Gasteiger partial charge in [-0.15, -0.1) is 0 Å². The molecular weight excluding hydrogens is 200 g/mol. The monoisotopic (exact) mass is 216 g/mol. The van der Waals surface area contributed by atoms with E-state index in [4.69, 9.17) is 4.42 Å². The summed E-state index contributed by atoms with van der Waals surface area (Å²) in [4.78, 5) is 4.12. The molecule has 0 amide bonds. The van der Waals surface area contributed by atoms with E-state index >= 15 is 0 Å². The Kier molecular flexibility index (Phi) is 3.72. The van der Waals surface area contributed by atoms with Crippen molar-refractivity contribution >= 4 is 0 Å². The molecule has 0 aliphatic carbocycles. The van der Waals surface area contributed by atoms with Crippen LogP contribution >= 0.6 is 0 Å². The Morgan fingerprint density at radius 2 is 2.19 bits per heavy atom. The van der Waals surface area contributed by atoms with Crippen LogP contribution in [0.15, 0.2) is 47.5 Å². The lowest BCUT2D eigenvalue weighted by Crippen LogP contribution is -2.29. The molecule has 2 heterocycles. The van der Waals surface area contributed by atoms with Crippen LogP contribution in [-0.4, -0.2) is 18.1 Å². The maximum atomic E-state index is 5.07. The third-order valence-electron chi connectivity index (χ3n) is 2.68. The summed E-state index contributed by atoms with van der Waals surface area (Å²) in [6.07, 6.45) is 9.19. The fourth-order valence-corrected chi connectivity index (χ4v) is 1.77. The van der Waals surface area contributed by atoms with E-state index in [1.54, 1.807) is 18.7 Å². The number of hydrogen-bond donors (Lipinski definition) is 1. The summed E-state index contributed by atoms with van der Waals surface area (Å²) in [7, 11) is 1.99. The molecule has 16 heavy (non-hydrogen) atoms. The molecule has 0 saturated carbocycles. The zero-order valence-electron chi connectivity index (χ0n) is 9.39. The van der Waals surface area contributed by atoms with Crippen molar-refractivity contribution in [3.63, 3.8) is 0 Å². The van der Waals surface area contributed by atoms with Crippen molar-refractivity contribution < 1.29 is 4.42 Å². The predicted molar refractivity (Wildman–Crippen MR) is 63.2 cm³/mol. The zero-order valence-corrected chi connectivity index (χ0v) is 9.39. The second kappa shape index (κ2) is 5.47. The number of furan rings is 1. The molecule has 0 spiro atoms. The predicted octanol–water partition coefficient (Wildman–Crippen LogP) is 2.05. The molecule has 0 bridgehead atoms. The lowest BCUT2D eigenvalue weighted by atomic mass is 10.0. The Balaban J connectivity index is 1.96. The van der Waals surface area contributed by atoms with E-state index in [9.17, 15) is 0 Å². The average molecular weight is 216 g/mol. The molecule has 0 fully saturated rings. The van der Waals surface area contributed by atoms with Gasteiger partial charge in [0.15, 0.2) is 0 Å². The van der Waals surface area contributed by atoms with E-state index in [-0.39, 0.29) is 0 Å². The third kappa shape index (κ3) is 2.94. The molecule has 1 N–H and O–H groups in total. The largest absolute Gasteiger partial charge is 0.472 e. The molecule has 0 saturated heterocycles. The van der Waals surface area contributed by atoms with Gasteiger partial charge in [-0.2, -0.15) is 0 Å². The molecule has 2 rings (SSSR count). The first-order valence-corrected chi connectivity index (χ1v) is 5.45. The number of rotatable bonds is 5. The summed E-state index contributed by atoms with van der Waals surface area (Å²) >= 11 is 0. The molecule has 1 unspecified atom stereocenters. The molecule has 0 aromatic carbocycles. The Morgan fingerprint density at radius 1 is 1.31 bits per heavy atom. The topological polar surface area (TPSA) is 38.1 Å². The van der Waals surface area contributed by atoms with Crippen molar-refractivity contribution in [1.82, 2.24) is 10.3 Å². The summed E-state index contributed by atoms with van der Waals surface area (Å²) in [6.45, 7) is 0. The van der Waals surface area contributed by atoms with Crippen molar-refractivity contribution in [1.29, 1.82) is 0 Å². The molecular formula is C13H16N2O. The summed E-state index contributed by atoms with van der Waals surface area (Å²) in [5, 5.41) is 3.32. The first kappa shape index (κ1) is 10.9. The number of likely N-dealkylation sites (N-methyl/N-ethyl adjacent to an activating group) is 1. The van der Waals surface area contributed by atoms with Gasteiger partial charge in [0.1, 0.15) is 0 Å². The number of nitrogens with zero attached hydrogens (tertiary/aromatic N) is 1. The van der Waals surface area contributed by atoms with Crippen LogP contribution < -0.4 is 5.32 Å². The van der Waals surface area contributed by atoms with Gasteiger partial charge in [-0.3, -0.25) is 4.98 Å². The second-order valence-electron chi connectivity index (χ2n) is 3.89. The minimum atomic E-state index is 0.418. The first-order chi connectivity index (χ1) is 7.88. The molecule has 2 aromatic rings. The fraction of sp³-hybridized carbons (Fsp3) is 0.308. The quantitative estimate of drug-likeness (QED) is 0.831. The zero-order chi connectivity index (χ0) is 11.2. The molecule has 0 aliphatic heterocycles. The van der Waals surface area contributed by atoms with Crippen LogP contribution in [-0.2, 0) is 12.8 Å². The number of hydrogen-bond acceptors (Lipinski definition) is 3. The summed E-state index contributed by atoms with van der Waals surface area (Å²) in [5.74, 6) is 0. The SMILES string of the molecule is CNC(Cc1cccnc1)Cc1ccoc1. The molecule has 84 valence electrons. The molecule has 0 aliphatic rings. The van der Waals surface area contributed by atoms with Crippen molar-refractivity contribution in [3.8, 4) is 0 Å². The average Bonchev–Trinajstić information content (AvgIpc) is 2.82. The van der Waals surface area contributed by atoms with Gasteiger partial charge in [0, 0.05) is 18.4 Å². The third-order valence-corrected chi connectivity index (χ3v) is 2.68. The highest BCUT2D eigenvalue weighted by Crippen LogP contribution is 2.08. The Hall–Kier alpha value is -1.61. The van der Waals surface area contributed by atoms with Crippen molar-refractivity contribution in [2.45, 2.75) is 18.9 Å². The van der Waals surface area contributed by atoms with Crippen molar-refractivity contribution in [2.75, 3.05) is 7.05 Å². The number of pyridine rings is 1. The second-order valence-corrected chi connectivity index (χ2v) is 3.89. The van der Waals surface area contributed by atoms with Gasteiger partial charge >= 0.3 is 0 Å². The molecule has 3 nitrogen and oxygen atoms in total. The van der Waals surface area contributed by atoms with Crippen LogP contribution in [0, 0.1) is 0 Å². The fourth-order valence-electron chi connectivity index (χ4n) is 1.77. The van der Waals surface area contributed by atoms with Gasteiger partial charge in [-0.05, 0) is 43.1 Å². The normalized spacial score (nSPS) is 12.6.